The van der Waals surface area contributed by atoms with Crippen LogP contribution in [0, 0.1) is 6.92 Å². The fourth-order valence-electron chi connectivity index (χ4n) is 2.37. The van der Waals surface area contributed by atoms with E-state index in [1.165, 1.54) is 77.0 Å². The second kappa shape index (κ2) is 15.0. The highest BCUT2D eigenvalue weighted by molar-refractivity contribution is 4.57. The summed E-state index contributed by atoms with van der Waals surface area (Å²) < 4.78 is 0. The molecule has 0 saturated heterocycles. The molecule has 109 valence electrons. The summed E-state index contributed by atoms with van der Waals surface area (Å²) in [5.41, 5.74) is 0. The molecule has 0 saturated carbocycles. The van der Waals surface area contributed by atoms with Gasteiger partial charge in [0.1, 0.15) is 0 Å². The summed E-state index contributed by atoms with van der Waals surface area (Å²) >= 11 is 0. The molecule has 0 heterocycles. The number of aliphatic hydroxyl groups is 1. The molecule has 1 radical (unpaired) electrons. The van der Waals surface area contributed by atoms with E-state index in [2.05, 4.69) is 13.8 Å². The summed E-state index contributed by atoms with van der Waals surface area (Å²) in [4.78, 5) is 0. The smallest absolute Gasteiger partial charge is 0.0540 e. The molecule has 0 amide bonds. The maximum atomic E-state index is 9.36. The van der Waals surface area contributed by atoms with E-state index in [1.54, 1.807) is 0 Å². The Hall–Kier alpha value is -0.0400. The molecular formula is C17H35O. The fourth-order valence-corrected chi connectivity index (χ4v) is 2.37. The van der Waals surface area contributed by atoms with Crippen molar-refractivity contribution in [2.24, 2.45) is 0 Å². The van der Waals surface area contributed by atoms with Crippen LogP contribution in [0.3, 0.4) is 0 Å². The van der Waals surface area contributed by atoms with Gasteiger partial charge in [0.25, 0.3) is 0 Å². The number of hydrogen-bond acceptors (Lipinski definition) is 1. The quantitative estimate of drug-likeness (QED) is 0.397. The SMILES string of the molecule is [CH2]CC(O)CCCCCCCCCCCCCC. The van der Waals surface area contributed by atoms with Crippen LogP contribution in [0.4, 0.5) is 0 Å². The molecular weight excluding hydrogens is 220 g/mol. The van der Waals surface area contributed by atoms with Crippen LogP contribution in [-0.4, -0.2) is 11.2 Å². The van der Waals surface area contributed by atoms with Crippen molar-refractivity contribution in [1.29, 1.82) is 0 Å². The summed E-state index contributed by atoms with van der Waals surface area (Å²) in [6.07, 6.45) is 18.0. The van der Waals surface area contributed by atoms with E-state index in [9.17, 15) is 5.11 Å². The average Bonchev–Trinajstić information content (AvgIpc) is 2.39. The van der Waals surface area contributed by atoms with Gasteiger partial charge in [-0.2, -0.15) is 0 Å². The van der Waals surface area contributed by atoms with Gasteiger partial charge in [-0.15, -0.1) is 0 Å². The minimum absolute atomic E-state index is 0.159. The van der Waals surface area contributed by atoms with Crippen molar-refractivity contribution >= 4 is 0 Å². The average molecular weight is 255 g/mol. The number of rotatable bonds is 14. The van der Waals surface area contributed by atoms with Crippen molar-refractivity contribution in [2.75, 3.05) is 0 Å². The van der Waals surface area contributed by atoms with Gasteiger partial charge >= 0.3 is 0 Å². The standard InChI is InChI=1S/C17H35O/c1-3-5-6-7-8-9-10-11-12-13-14-15-16-17(18)4-2/h17-18H,2-16H2,1H3. The van der Waals surface area contributed by atoms with E-state index in [0.29, 0.717) is 6.42 Å². The molecule has 1 N–H and O–H groups in total. The van der Waals surface area contributed by atoms with E-state index in [1.807, 2.05) is 0 Å². The highest BCUT2D eigenvalue weighted by Gasteiger charge is 1.99. The molecule has 1 heteroatoms. The molecule has 1 atom stereocenters. The molecule has 0 bridgehead atoms. The van der Waals surface area contributed by atoms with Crippen LogP contribution in [0.15, 0.2) is 0 Å². The van der Waals surface area contributed by atoms with Crippen LogP contribution >= 0.6 is 0 Å². The predicted molar refractivity (Wildman–Crippen MR) is 81.7 cm³/mol. The van der Waals surface area contributed by atoms with E-state index in [0.717, 1.165) is 6.42 Å². The van der Waals surface area contributed by atoms with Crippen LogP contribution in [0.2, 0.25) is 0 Å². The zero-order valence-corrected chi connectivity index (χ0v) is 12.6. The van der Waals surface area contributed by atoms with Crippen molar-refractivity contribution in [1.82, 2.24) is 0 Å². The van der Waals surface area contributed by atoms with Crippen LogP contribution < -0.4 is 0 Å². The van der Waals surface area contributed by atoms with Crippen molar-refractivity contribution < 1.29 is 5.11 Å². The van der Waals surface area contributed by atoms with Crippen LogP contribution in [0.1, 0.15) is 96.8 Å². The molecule has 0 spiro atoms. The first-order valence-electron chi connectivity index (χ1n) is 8.28. The Morgan fingerprint density at radius 3 is 1.50 bits per heavy atom. The topological polar surface area (TPSA) is 20.2 Å². The van der Waals surface area contributed by atoms with Crippen LogP contribution in [-0.2, 0) is 0 Å². The molecule has 0 fully saturated rings. The minimum atomic E-state index is -0.159. The third-order valence-electron chi connectivity index (χ3n) is 3.72. The maximum Gasteiger partial charge on any atom is 0.0540 e. The van der Waals surface area contributed by atoms with Gasteiger partial charge in [-0.05, 0) is 12.8 Å². The molecule has 0 aliphatic carbocycles. The van der Waals surface area contributed by atoms with Crippen LogP contribution in [0.25, 0.3) is 0 Å². The summed E-state index contributed by atoms with van der Waals surface area (Å²) in [7, 11) is 0. The molecule has 0 aromatic heterocycles. The van der Waals surface area contributed by atoms with Crippen LogP contribution in [0.5, 0.6) is 0 Å². The molecule has 1 nitrogen and oxygen atoms in total. The second-order valence-corrected chi connectivity index (χ2v) is 5.62. The summed E-state index contributed by atoms with van der Waals surface area (Å²) in [6, 6.07) is 0. The zero-order chi connectivity index (χ0) is 13.5. The van der Waals surface area contributed by atoms with Gasteiger partial charge < -0.3 is 5.11 Å². The lowest BCUT2D eigenvalue weighted by Gasteiger charge is -2.06. The Labute approximate surface area is 115 Å². The van der Waals surface area contributed by atoms with Gasteiger partial charge in [0.05, 0.1) is 6.10 Å². The Morgan fingerprint density at radius 2 is 1.11 bits per heavy atom. The largest absolute Gasteiger partial charge is 0.393 e. The number of aliphatic hydroxyl groups excluding tert-OH is 1. The Balaban J connectivity index is 2.94. The summed E-state index contributed by atoms with van der Waals surface area (Å²) in [5, 5.41) is 9.36. The number of hydrogen-bond donors (Lipinski definition) is 1. The Kier molecular flexibility index (Phi) is 15.0. The van der Waals surface area contributed by atoms with E-state index >= 15 is 0 Å². The third kappa shape index (κ3) is 14.0. The van der Waals surface area contributed by atoms with Gasteiger partial charge in [-0.1, -0.05) is 90.9 Å². The first kappa shape index (κ1) is 18.0. The van der Waals surface area contributed by atoms with E-state index < -0.39 is 0 Å². The lowest BCUT2D eigenvalue weighted by atomic mass is 10.0. The van der Waals surface area contributed by atoms with Gasteiger partial charge in [-0.25, -0.2) is 0 Å². The molecule has 0 aromatic rings. The van der Waals surface area contributed by atoms with E-state index in [-0.39, 0.29) is 6.10 Å². The van der Waals surface area contributed by atoms with Gasteiger partial charge in [0.2, 0.25) is 0 Å². The second-order valence-electron chi connectivity index (χ2n) is 5.62. The summed E-state index contributed by atoms with van der Waals surface area (Å²) in [5.74, 6) is 0. The van der Waals surface area contributed by atoms with Crippen molar-refractivity contribution in [2.45, 2.75) is 103 Å². The molecule has 0 aliphatic rings. The Morgan fingerprint density at radius 1 is 0.722 bits per heavy atom. The molecule has 0 aromatic carbocycles. The monoisotopic (exact) mass is 255 g/mol. The normalized spacial score (nSPS) is 12.8. The highest BCUT2D eigenvalue weighted by atomic mass is 16.3. The van der Waals surface area contributed by atoms with Crippen molar-refractivity contribution in [3.63, 3.8) is 0 Å². The van der Waals surface area contributed by atoms with Crippen molar-refractivity contribution in [3.8, 4) is 0 Å². The molecule has 18 heavy (non-hydrogen) atoms. The molecule has 1 unspecified atom stereocenters. The highest BCUT2D eigenvalue weighted by Crippen LogP contribution is 2.13. The van der Waals surface area contributed by atoms with Gasteiger partial charge in [0, 0.05) is 0 Å². The lowest BCUT2D eigenvalue weighted by Crippen LogP contribution is -2.03. The van der Waals surface area contributed by atoms with Gasteiger partial charge in [0.15, 0.2) is 0 Å². The predicted octanol–water partition coefficient (Wildman–Crippen LogP) is 5.66. The third-order valence-corrected chi connectivity index (χ3v) is 3.72. The first-order chi connectivity index (χ1) is 8.81. The molecule has 0 rings (SSSR count). The lowest BCUT2D eigenvalue weighted by molar-refractivity contribution is 0.163. The minimum Gasteiger partial charge on any atom is -0.393 e. The fraction of sp³-hybridized carbons (Fsp3) is 0.941. The van der Waals surface area contributed by atoms with Crippen molar-refractivity contribution in [3.05, 3.63) is 6.92 Å². The van der Waals surface area contributed by atoms with E-state index in [4.69, 9.17) is 0 Å². The number of unbranched alkanes of at least 4 members (excludes halogenated alkanes) is 11. The van der Waals surface area contributed by atoms with Gasteiger partial charge in [-0.3, -0.25) is 0 Å². The maximum absolute atomic E-state index is 9.36. The Bertz CT molecular complexity index is 145. The molecule has 0 aliphatic heterocycles. The summed E-state index contributed by atoms with van der Waals surface area (Å²) in [6.45, 7) is 5.98. The zero-order valence-electron chi connectivity index (χ0n) is 12.6. The first-order valence-corrected chi connectivity index (χ1v) is 8.28.